The summed E-state index contributed by atoms with van der Waals surface area (Å²) in [5, 5.41) is 10.0. The minimum Gasteiger partial charge on any atom is -0.494 e. The van der Waals surface area contributed by atoms with E-state index in [9.17, 15) is 4.79 Å². The average molecular weight is 528 g/mol. The summed E-state index contributed by atoms with van der Waals surface area (Å²) in [5.74, 6) is 2.18. The lowest BCUT2D eigenvalue weighted by atomic mass is 10.1. The van der Waals surface area contributed by atoms with Crippen LogP contribution in [-0.4, -0.2) is 32.9 Å². The number of rotatable bonds is 10. The molecule has 4 aromatic rings. The number of ether oxygens (including phenoxy) is 2. The zero-order valence-corrected chi connectivity index (χ0v) is 21.5. The normalized spacial score (nSPS) is 10.9. The summed E-state index contributed by atoms with van der Waals surface area (Å²) in [7, 11) is 0. The third-order valence-electron chi connectivity index (χ3n) is 5.07. The van der Waals surface area contributed by atoms with Crippen LogP contribution in [-0.2, 0) is 6.61 Å². The SMILES string of the molecule is CCOc1ccc(-n2c(COc3ccc(C)cc3)nnc2SCC(=O)c2ccc(Cl)c(Cl)c2)cc1. The molecule has 0 amide bonds. The third kappa shape index (κ3) is 6.36. The number of Topliss-reactive ketones (excluding diaryl/α,β-unsaturated/α-hetero) is 1. The van der Waals surface area contributed by atoms with Crippen LogP contribution in [0.4, 0.5) is 0 Å². The number of hydrogen-bond acceptors (Lipinski definition) is 6. The van der Waals surface area contributed by atoms with Gasteiger partial charge in [0, 0.05) is 11.3 Å². The van der Waals surface area contributed by atoms with Crippen molar-refractivity contribution in [3.8, 4) is 17.2 Å². The first kappa shape index (κ1) is 25.1. The Bertz CT molecular complexity index is 1310. The topological polar surface area (TPSA) is 66.2 Å². The molecule has 0 spiro atoms. The summed E-state index contributed by atoms with van der Waals surface area (Å²) < 4.78 is 13.4. The van der Waals surface area contributed by atoms with E-state index in [-0.39, 0.29) is 18.1 Å². The van der Waals surface area contributed by atoms with Gasteiger partial charge in [0.15, 0.2) is 16.8 Å². The van der Waals surface area contributed by atoms with E-state index in [1.807, 2.05) is 66.9 Å². The van der Waals surface area contributed by atoms with E-state index in [0.29, 0.717) is 33.2 Å². The van der Waals surface area contributed by atoms with Crippen LogP contribution in [0.5, 0.6) is 11.5 Å². The van der Waals surface area contributed by atoms with Gasteiger partial charge in [-0.25, -0.2) is 0 Å². The highest BCUT2D eigenvalue weighted by Gasteiger charge is 2.18. The van der Waals surface area contributed by atoms with Crippen LogP contribution in [0.25, 0.3) is 5.69 Å². The molecule has 0 aliphatic heterocycles. The lowest BCUT2D eigenvalue weighted by Crippen LogP contribution is -2.08. The number of hydrogen-bond donors (Lipinski definition) is 0. The van der Waals surface area contributed by atoms with Gasteiger partial charge in [0.2, 0.25) is 0 Å². The number of ketones is 1. The molecule has 180 valence electrons. The fourth-order valence-corrected chi connectivity index (χ4v) is 4.43. The first-order chi connectivity index (χ1) is 16.9. The minimum atomic E-state index is -0.0905. The predicted molar refractivity (Wildman–Crippen MR) is 140 cm³/mol. The van der Waals surface area contributed by atoms with Gasteiger partial charge in [-0.3, -0.25) is 9.36 Å². The number of benzene rings is 3. The van der Waals surface area contributed by atoms with E-state index >= 15 is 0 Å². The molecule has 9 heteroatoms. The molecule has 0 saturated heterocycles. The molecular weight excluding hydrogens is 505 g/mol. The van der Waals surface area contributed by atoms with Crippen LogP contribution < -0.4 is 9.47 Å². The standard InChI is InChI=1S/C26H23Cl2N3O3S/c1-3-33-20-11-7-19(8-12-20)31-25(15-34-21-9-4-17(2)5-10-21)29-30-26(31)35-16-24(32)18-6-13-22(27)23(28)14-18/h4-14H,3,15-16H2,1-2H3. The molecule has 0 bridgehead atoms. The second kappa shape index (κ2) is 11.6. The summed E-state index contributed by atoms with van der Waals surface area (Å²) in [6, 6.07) is 20.3. The Kier molecular flexibility index (Phi) is 8.33. The molecular formula is C26H23Cl2N3O3S. The van der Waals surface area contributed by atoms with Gasteiger partial charge in [-0.1, -0.05) is 52.7 Å². The molecule has 35 heavy (non-hydrogen) atoms. The molecule has 0 N–H and O–H groups in total. The van der Waals surface area contributed by atoms with E-state index < -0.39 is 0 Å². The highest BCUT2D eigenvalue weighted by molar-refractivity contribution is 7.99. The van der Waals surface area contributed by atoms with E-state index in [1.54, 1.807) is 18.2 Å². The van der Waals surface area contributed by atoms with E-state index in [0.717, 1.165) is 22.7 Å². The van der Waals surface area contributed by atoms with Crippen LogP contribution in [0, 0.1) is 6.92 Å². The fraction of sp³-hybridized carbons (Fsp3) is 0.192. The van der Waals surface area contributed by atoms with Gasteiger partial charge in [0.1, 0.15) is 18.1 Å². The van der Waals surface area contributed by atoms with Crippen molar-refractivity contribution in [3.63, 3.8) is 0 Å². The molecule has 0 fully saturated rings. The maximum absolute atomic E-state index is 12.8. The van der Waals surface area contributed by atoms with Gasteiger partial charge >= 0.3 is 0 Å². The van der Waals surface area contributed by atoms with Crippen molar-refractivity contribution >= 4 is 40.7 Å². The summed E-state index contributed by atoms with van der Waals surface area (Å²) >= 11 is 13.3. The molecule has 0 saturated carbocycles. The van der Waals surface area contributed by atoms with Gasteiger partial charge in [-0.15, -0.1) is 10.2 Å². The maximum Gasteiger partial charge on any atom is 0.196 e. The first-order valence-corrected chi connectivity index (χ1v) is 12.7. The van der Waals surface area contributed by atoms with Crippen molar-refractivity contribution in [3.05, 3.63) is 93.7 Å². The minimum absolute atomic E-state index is 0.0905. The zero-order valence-electron chi connectivity index (χ0n) is 19.2. The molecule has 3 aromatic carbocycles. The van der Waals surface area contributed by atoms with E-state index in [1.165, 1.54) is 11.8 Å². The number of carbonyl (C=O) groups is 1. The van der Waals surface area contributed by atoms with Crippen LogP contribution in [0.1, 0.15) is 28.7 Å². The lowest BCUT2D eigenvalue weighted by molar-refractivity contribution is 0.102. The quantitative estimate of drug-likeness (QED) is 0.166. The van der Waals surface area contributed by atoms with Gasteiger partial charge in [0.25, 0.3) is 0 Å². The summed E-state index contributed by atoms with van der Waals surface area (Å²) in [6.45, 7) is 4.76. The van der Waals surface area contributed by atoms with Crippen LogP contribution >= 0.6 is 35.0 Å². The number of aromatic nitrogens is 3. The lowest BCUT2D eigenvalue weighted by Gasteiger charge is -2.12. The highest BCUT2D eigenvalue weighted by Crippen LogP contribution is 2.27. The smallest absolute Gasteiger partial charge is 0.196 e. The average Bonchev–Trinajstić information content (AvgIpc) is 3.27. The zero-order chi connectivity index (χ0) is 24.8. The Morgan fingerprint density at radius 2 is 1.60 bits per heavy atom. The number of aryl methyl sites for hydroxylation is 1. The summed E-state index contributed by atoms with van der Waals surface area (Å²) in [6.07, 6.45) is 0. The largest absolute Gasteiger partial charge is 0.494 e. The van der Waals surface area contributed by atoms with Crippen LogP contribution in [0.15, 0.2) is 71.9 Å². The predicted octanol–water partition coefficient (Wildman–Crippen LogP) is 6.84. The van der Waals surface area contributed by atoms with Gasteiger partial charge in [-0.2, -0.15) is 0 Å². The van der Waals surface area contributed by atoms with Crippen molar-refractivity contribution in [2.75, 3.05) is 12.4 Å². The monoisotopic (exact) mass is 527 g/mol. The molecule has 1 aromatic heterocycles. The maximum atomic E-state index is 12.8. The number of carbonyl (C=O) groups excluding carboxylic acids is 1. The molecule has 0 unspecified atom stereocenters. The first-order valence-electron chi connectivity index (χ1n) is 10.9. The molecule has 4 rings (SSSR count). The van der Waals surface area contributed by atoms with Gasteiger partial charge in [0.05, 0.1) is 22.4 Å². The molecule has 0 radical (unpaired) electrons. The molecule has 6 nitrogen and oxygen atoms in total. The Labute approximate surface area is 218 Å². The second-order valence-electron chi connectivity index (χ2n) is 7.60. The van der Waals surface area contributed by atoms with E-state index in [2.05, 4.69) is 10.2 Å². The van der Waals surface area contributed by atoms with Crippen molar-refractivity contribution in [2.24, 2.45) is 0 Å². The van der Waals surface area contributed by atoms with Crippen molar-refractivity contribution in [1.29, 1.82) is 0 Å². The van der Waals surface area contributed by atoms with Crippen molar-refractivity contribution < 1.29 is 14.3 Å². The number of nitrogens with zero attached hydrogens (tertiary/aromatic N) is 3. The van der Waals surface area contributed by atoms with Crippen LogP contribution in [0.2, 0.25) is 10.0 Å². The Morgan fingerprint density at radius 3 is 2.29 bits per heavy atom. The Hall–Kier alpha value is -3.00. The van der Waals surface area contributed by atoms with E-state index in [4.69, 9.17) is 32.7 Å². The second-order valence-corrected chi connectivity index (χ2v) is 9.36. The molecule has 1 heterocycles. The van der Waals surface area contributed by atoms with Crippen molar-refractivity contribution in [2.45, 2.75) is 25.6 Å². The van der Waals surface area contributed by atoms with Gasteiger partial charge in [-0.05, 0) is 68.4 Å². The highest BCUT2D eigenvalue weighted by atomic mass is 35.5. The summed E-state index contributed by atoms with van der Waals surface area (Å²) in [5.41, 5.74) is 2.48. The Morgan fingerprint density at radius 1 is 0.914 bits per heavy atom. The van der Waals surface area contributed by atoms with Crippen LogP contribution in [0.3, 0.4) is 0 Å². The molecule has 0 aliphatic rings. The fourth-order valence-electron chi connectivity index (χ4n) is 3.27. The van der Waals surface area contributed by atoms with Gasteiger partial charge < -0.3 is 9.47 Å². The molecule has 0 atom stereocenters. The van der Waals surface area contributed by atoms with Crippen molar-refractivity contribution in [1.82, 2.24) is 14.8 Å². The third-order valence-corrected chi connectivity index (χ3v) is 6.74. The Balaban J connectivity index is 1.57. The number of thioether (sulfide) groups is 1. The summed E-state index contributed by atoms with van der Waals surface area (Å²) in [4.78, 5) is 12.8. The molecule has 0 aliphatic carbocycles. The number of halogens is 2.